The van der Waals surface area contributed by atoms with E-state index < -0.39 is 0 Å². The number of thioether (sulfide) groups is 1. The van der Waals surface area contributed by atoms with Gasteiger partial charge in [-0.2, -0.15) is 4.99 Å². The van der Waals surface area contributed by atoms with Gasteiger partial charge in [0.15, 0.2) is 5.17 Å². The summed E-state index contributed by atoms with van der Waals surface area (Å²) in [6.45, 7) is 1.86. The van der Waals surface area contributed by atoms with E-state index in [2.05, 4.69) is 31.1 Å². The van der Waals surface area contributed by atoms with Crippen LogP contribution in [0.4, 0.5) is 5.13 Å². The van der Waals surface area contributed by atoms with E-state index in [1.807, 2.05) is 43.3 Å². The number of amides is 1. The number of nitrogens with zero attached hydrogens (tertiary/aromatic N) is 4. The van der Waals surface area contributed by atoms with Gasteiger partial charge in [-0.15, -0.1) is 10.2 Å². The largest absolute Gasteiger partial charge is 0.457 e. The molecule has 2 aromatic heterocycles. The number of aryl methyl sites for hydroxylation is 1. The van der Waals surface area contributed by atoms with Crippen molar-refractivity contribution in [2.45, 2.75) is 6.92 Å². The fraction of sp³-hybridized carbons (Fsp3) is 0.111. The number of hydrogen-bond acceptors (Lipinski definition) is 7. The third-order valence-electron chi connectivity index (χ3n) is 3.74. The van der Waals surface area contributed by atoms with Crippen molar-refractivity contribution in [1.82, 2.24) is 15.1 Å². The molecule has 0 aliphatic carbocycles. The van der Waals surface area contributed by atoms with Crippen LogP contribution in [0.25, 0.3) is 17.4 Å². The number of aliphatic imine (C=N–C) groups is 1. The number of furan rings is 1. The van der Waals surface area contributed by atoms with Crippen LogP contribution in [-0.2, 0) is 4.79 Å². The van der Waals surface area contributed by atoms with Gasteiger partial charge in [-0.05, 0) is 43.0 Å². The summed E-state index contributed by atoms with van der Waals surface area (Å²) >= 11 is 6.10. The Hall–Kier alpha value is -2.23. The smallest absolute Gasteiger partial charge is 0.266 e. The number of carbonyl (C=O) groups is 1. The molecule has 1 fully saturated rings. The summed E-state index contributed by atoms with van der Waals surface area (Å²) in [7, 11) is 1.69. The highest BCUT2D eigenvalue weighted by atomic mass is 79.9. The second-order valence-corrected chi connectivity index (χ2v) is 8.77. The Balaban J connectivity index is 1.58. The number of hydrogen-bond donors (Lipinski definition) is 0. The first kappa shape index (κ1) is 18.1. The standard InChI is InChI=1S/C18H13BrN4O2S2/c1-10-21-22-17(26-10)20-18-23(2)16(24)15(27-18)9-13-7-8-14(25-13)11-3-5-12(19)6-4-11/h3-9H,1-2H3/b15-9+,20-18+. The average molecular weight is 461 g/mol. The van der Waals surface area contributed by atoms with E-state index in [9.17, 15) is 4.79 Å². The van der Waals surface area contributed by atoms with Crippen molar-refractivity contribution >= 4 is 61.3 Å². The molecule has 1 aliphatic rings. The average Bonchev–Trinajstić information content (AvgIpc) is 3.34. The lowest BCUT2D eigenvalue weighted by atomic mass is 10.2. The Labute approximate surface area is 172 Å². The molecule has 27 heavy (non-hydrogen) atoms. The van der Waals surface area contributed by atoms with E-state index in [-0.39, 0.29) is 5.91 Å². The van der Waals surface area contributed by atoms with Gasteiger partial charge in [0.05, 0.1) is 4.91 Å². The fourth-order valence-corrected chi connectivity index (χ4v) is 4.22. The molecule has 1 saturated heterocycles. The summed E-state index contributed by atoms with van der Waals surface area (Å²) in [5.74, 6) is 1.24. The van der Waals surface area contributed by atoms with Crippen molar-refractivity contribution in [1.29, 1.82) is 0 Å². The normalized spacial score (nSPS) is 17.4. The molecular weight excluding hydrogens is 448 g/mol. The number of rotatable bonds is 3. The van der Waals surface area contributed by atoms with Gasteiger partial charge in [-0.1, -0.05) is 39.4 Å². The van der Waals surface area contributed by atoms with Gasteiger partial charge >= 0.3 is 0 Å². The van der Waals surface area contributed by atoms with Crippen LogP contribution in [0.15, 0.2) is 55.2 Å². The molecule has 0 spiro atoms. The van der Waals surface area contributed by atoms with Gasteiger partial charge in [0.2, 0.25) is 5.13 Å². The summed E-state index contributed by atoms with van der Waals surface area (Å²) in [6, 6.07) is 11.6. The van der Waals surface area contributed by atoms with Gasteiger partial charge in [0, 0.05) is 23.2 Å². The Bertz CT molecular complexity index is 1070. The Morgan fingerprint density at radius 1 is 1.19 bits per heavy atom. The molecule has 0 N–H and O–H groups in total. The molecule has 1 amide bonds. The second-order valence-electron chi connectivity index (χ2n) is 5.68. The van der Waals surface area contributed by atoms with E-state index >= 15 is 0 Å². The summed E-state index contributed by atoms with van der Waals surface area (Å²) in [5, 5.41) is 9.86. The molecule has 0 unspecified atom stereocenters. The molecule has 0 bridgehead atoms. The summed E-state index contributed by atoms with van der Waals surface area (Å²) in [4.78, 5) is 19.0. The lowest BCUT2D eigenvalue weighted by molar-refractivity contribution is -0.121. The van der Waals surface area contributed by atoms with Crippen LogP contribution in [0.1, 0.15) is 10.8 Å². The van der Waals surface area contributed by atoms with E-state index in [0.29, 0.717) is 21.0 Å². The molecule has 9 heteroatoms. The van der Waals surface area contributed by atoms with Crippen LogP contribution >= 0.6 is 39.0 Å². The van der Waals surface area contributed by atoms with Crippen LogP contribution in [-0.4, -0.2) is 33.2 Å². The summed E-state index contributed by atoms with van der Waals surface area (Å²) in [6.07, 6.45) is 1.74. The molecule has 1 aromatic carbocycles. The van der Waals surface area contributed by atoms with Crippen molar-refractivity contribution in [2.75, 3.05) is 7.05 Å². The van der Waals surface area contributed by atoms with Crippen molar-refractivity contribution in [3.05, 3.63) is 56.5 Å². The summed E-state index contributed by atoms with van der Waals surface area (Å²) in [5.41, 5.74) is 0.972. The highest BCUT2D eigenvalue weighted by Gasteiger charge is 2.31. The quantitative estimate of drug-likeness (QED) is 0.508. The van der Waals surface area contributed by atoms with Crippen LogP contribution in [0.5, 0.6) is 0 Å². The van der Waals surface area contributed by atoms with E-state index in [1.54, 1.807) is 13.1 Å². The minimum absolute atomic E-state index is 0.124. The molecule has 4 rings (SSSR count). The van der Waals surface area contributed by atoms with Crippen molar-refractivity contribution in [3.8, 4) is 11.3 Å². The maximum absolute atomic E-state index is 12.5. The third-order valence-corrected chi connectivity index (χ3v) is 6.06. The number of benzene rings is 1. The summed E-state index contributed by atoms with van der Waals surface area (Å²) < 4.78 is 6.88. The second kappa shape index (κ2) is 7.41. The van der Waals surface area contributed by atoms with Crippen LogP contribution in [0.3, 0.4) is 0 Å². The molecule has 0 atom stereocenters. The first-order valence-electron chi connectivity index (χ1n) is 7.92. The molecule has 0 saturated carbocycles. The molecule has 136 valence electrons. The maximum Gasteiger partial charge on any atom is 0.266 e. The van der Waals surface area contributed by atoms with Gasteiger partial charge < -0.3 is 4.42 Å². The molecule has 3 heterocycles. The third kappa shape index (κ3) is 3.90. The van der Waals surface area contributed by atoms with Gasteiger partial charge in [-0.3, -0.25) is 9.69 Å². The number of aromatic nitrogens is 2. The van der Waals surface area contributed by atoms with E-state index in [0.717, 1.165) is 20.8 Å². The van der Waals surface area contributed by atoms with Gasteiger partial charge in [0.25, 0.3) is 5.91 Å². The predicted molar refractivity (Wildman–Crippen MR) is 112 cm³/mol. The van der Waals surface area contributed by atoms with Gasteiger partial charge in [-0.25, -0.2) is 0 Å². The lowest BCUT2D eigenvalue weighted by Crippen LogP contribution is -2.23. The number of likely N-dealkylation sites (N-methyl/N-ethyl adjacent to an activating group) is 1. The number of halogens is 1. The first-order chi connectivity index (χ1) is 13.0. The van der Waals surface area contributed by atoms with Crippen LogP contribution in [0, 0.1) is 6.92 Å². The maximum atomic E-state index is 12.5. The molecule has 6 nitrogen and oxygen atoms in total. The topological polar surface area (TPSA) is 71.6 Å². The zero-order chi connectivity index (χ0) is 19.0. The van der Waals surface area contributed by atoms with Crippen molar-refractivity contribution in [3.63, 3.8) is 0 Å². The molecule has 1 aliphatic heterocycles. The molecular formula is C18H13BrN4O2S2. The lowest BCUT2D eigenvalue weighted by Gasteiger charge is -2.05. The zero-order valence-electron chi connectivity index (χ0n) is 14.3. The Morgan fingerprint density at radius 2 is 1.96 bits per heavy atom. The predicted octanol–water partition coefficient (Wildman–Crippen LogP) is 5.10. The monoisotopic (exact) mass is 460 g/mol. The van der Waals surface area contributed by atoms with E-state index in [4.69, 9.17) is 4.42 Å². The molecule has 3 aromatic rings. The minimum Gasteiger partial charge on any atom is -0.457 e. The fourth-order valence-electron chi connectivity index (χ4n) is 2.39. The number of amidine groups is 1. The Kier molecular flexibility index (Phi) is 4.98. The highest BCUT2D eigenvalue weighted by Crippen LogP contribution is 2.34. The van der Waals surface area contributed by atoms with E-state index in [1.165, 1.54) is 28.0 Å². The van der Waals surface area contributed by atoms with Gasteiger partial charge in [0.1, 0.15) is 16.5 Å². The van der Waals surface area contributed by atoms with Crippen molar-refractivity contribution < 1.29 is 9.21 Å². The molecule has 0 radical (unpaired) electrons. The Morgan fingerprint density at radius 3 is 2.67 bits per heavy atom. The van der Waals surface area contributed by atoms with Crippen molar-refractivity contribution in [2.24, 2.45) is 4.99 Å². The zero-order valence-corrected chi connectivity index (χ0v) is 17.6. The minimum atomic E-state index is -0.124. The SMILES string of the molecule is Cc1nnc(/N=C2/S/C(=C/c3ccc(-c4ccc(Br)cc4)o3)C(=O)N2C)s1. The van der Waals surface area contributed by atoms with Crippen LogP contribution < -0.4 is 0 Å². The highest BCUT2D eigenvalue weighted by molar-refractivity contribution is 9.10. The first-order valence-corrected chi connectivity index (χ1v) is 10.3. The van der Waals surface area contributed by atoms with Crippen LogP contribution in [0.2, 0.25) is 0 Å². The number of carbonyl (C=O) groups excluding carboxylic acids is 1.